The Morgan fingerprint density at radius 2 is 2.17 bits per heavy atom. The van der Waals surface area contributed by atoms with Gasteiger partial charge in [-0.15, -0.1) is 12.4 Å². The van der Waals surface area contributed by atoms with E-state index in [0.717, 1.165) is 35.5 Å². The minimum Gasteiger partial charge on any atom is -0.491 e. The number of carbonyl (C=O) groups excluding carboxylic acids is 1. The Morgan fingerprint density at radius 3 is 2.96 bits per heavy atom. The highest BCUT2D eigenvalue weighted by Gasteiger charge is 2.21. The van der Waals surface area contributed by atoms with Gasteiger partial charge < -0.3 is 15.4 Å². The number of hydrogen-bond donors (Lipinski definition) is 3. The van der Waals surface area contributed by atoms with Crippen molar-refractivity contribution in [2.75, 3.05) is 6.54 Å². The molecule has 0 saturated carbocycles. The Balaban J connectivity index is 0.00000208. The molecule has 7 heteroatoms. The number of nitrogens with one attached hydrogen (secondary N) is 3. The summed E-state index contributed by atoms with van der Waals surface area (Å²) in [5, 5.41) is 13.3. The van der Waals surface area contributed by atoms with Gasteiger partial charge in [0.1, 0.15) is 5.75 Å². The van der Waals surface area contributed by atoms with Crippen molar-refractivity contribution in [3.05, 3.63) is 46.8 Å². The van der Waals surface area contributed by atoms with Gasteiger partial charge in [-0.1, -0.05) is 18.2 Å². The second kappa shape index (κ2) is 8.17. The zero-order valence-corrected chi connectivity index (χ0v) is 14.7. The van der Waals surface area contributed by atoms with E-state index < -0.39 is 0 Å². The molecule has 0 spiro atoms. The van der Waals surface area contributed by atoms with Crippen molar-refractivity contribution in [2.24, 2.45) is 0 Å². The highest BCUT2D eigenvalue weighted by molar-refractivity contribution is 5.94. The number of rotatable bonds is 5. The normalized spacial score (nSPS) is 13.1. The highest BCUT2D eigenvalue weighted by atomic mass is 35.5. The summed E-state index contributed by atoms with van der Waals surface area (Å²) in [4.78, 5) is 12.4. The van der Waals surface area contributed by atoms with Crippen molar-refractivity contribution in [1.82, 2.24) is 20.8 Å². The second-order valence-corrected chi connectivity index (χ2v) is 5.91. The third kappa shape index (κ3) is 4.07. The lowest BCUT2D eigenvalue weighted by Gasteiger charge is -2.15. The van der Waals surface area contributed by atoms with Gasteiger partial charge in [0.2, 0.25) is 0 Å². The van der Waals surface area contributed by atoms with Gasteiger partial charge in [-0.05, 0) is 19.9 Å². The van der Waals surface area contributed by atoms with E-state index in [0.29, 0.717) is 18.8 Å². The summed E-state index contributed by atoms with van der Waals surface area (Å²) in [6, 6.07) is 7.75. The molecule has 0 fully saturated rings. The number of nitrogens with zero attached hydrogens (tertiary/aromatic N) is 1. The van der Waals surface area contributed by atoms with E-state index in [4.69, 9.17) is 4.74 Å². The number of fused-ring (bicyclic) bond motifs is 1. The second-order valence-electron chi connectivity index (χ2n) is 5.91. The average molecular weight is 351 g/mol. The van der Waals surface area contributed by atoms with E-state index in [-0.39, 0.29) is 24.4 Å². The summed E-state index contributed by atoms with van der Waals surface area (Å²) >= 11 is 0. The van der Waals surface area contributed by atoms with Crippen LogP contribution in [0.15, 0.2) is 24.3 Å². The molecule has 0 aliphatic carbocycles. The average Bonchev–Trinajstić information content (AvgIpc) is 2.97. The van der Waals surface area contributed by atoms with Gasteiger partial charge in [-0.25, -0.2) is 0 Å². The molecular formula is C17H23ClN4O2. The van der Waals surface area contributed by atoms with Gasteiger partial charge in [-0.3, -0.25) is 9.89 Å². The zero-order valence-electron chi connectivity index (χ0n) is 13.9. The first-order valence-corrected chi connectivity index (χ1v) is 7.94. The highest BCUT2D eigenvalue weighted by Crippen LogP contribution is 2.20. The van der Waals surface area contributed by atoms with Crippen LogP contribution in [0.1, 0.15) is 41.2 Å². The molecule has 3 N–H and O–H groups in total. The smallest absolute Gasteiger partial charge is 0.272 e. The number of halogens is 1. The minimum absolute atomic E-state index is 0. The number of amides is 1. The molecule has 2 aromatic rings. The summed E-state index contributed by atoms with van der Waals surface area (Å²) in [6.45, 7) is 5.98. The summed E-state index contributed by atoms with van der Waals surface area (Å²) in [5.74, 6) is 0.638. The molecule has 1 aromatic carbocycles. The number of aromatic amines is 1. The topological polar surface area (TPSA) is 79.0 Å². The molecule has 0 atom stereocenters. The summed E-state index contributed by atoms with van der Waals surface area (Å²) in [5.41, 5.74) is 3.46. The fourth-order valence-corrected chi connectivity index (χ4v) is 2.69. The molecule has 3 rings (SSSR count). The molecule has 2 heterocycles. The van der Waals surface area contributed by atoms with Gasteiger partial charge in [0.05, 0.1) is 6.10 Å². The van der Waals surface area contributed by atoms with E-state index in [1.54, 1.807) is 0 Å². The first-order valence-electron chi connectivity index (χ1n) is 7.94. The fraction of sp³-hybridized carbons (Fsp3) is 0.412. The van der Waals surface area contributed by atoms with Crippen molar-refractivity contribution in [1.29, 1.82) is 0 Å². The largest absolute Gasteiger partial charge is 0.491 e. The van der Waals surface area contributed by atoms with Crippen LogP contribution in [-0.2, 0) is 19.5 Å². The first-order chi connectivity index (χ1) is 11.1. The van der Waals surface area contributed by atoms with E-state index in [1.165, 1.54) is 0 Å². The molecule has 0 bridgehead atoms. The quantitative estimate of drug-likeness (QED) is 0.772. The number of ether oxygens (including phenoxy) is 1. The van der Waals surface area contributed by atoms with Crippen molar-refractivity contribution in [2.45, 2.75) is 39.5 Å². The number of aromatic nitrogens is 2. The Hall–Kier alpha value is -2.05. The lowest BCUT2D eigenvalue weighted by Crippen LogP contribution is -2.28. The molecule has 6 nitrogen and oxygen atoms in total. The van der Waals surface area contributed by atoms with Crippen LogP contribution in [0.4, 0.5) is 0 Å². The van der Waals surface area contributed by atoms with Crippen LogP contribution in [0.3, 0.4) is 0 Å². The van der Waals surface area contributed by atoms with Crippen LogP contribution in [0.5, 0.6) is 5.75 Å². The van der Waals surface area contributed by atoms with Crippen LogP contribution in [0.2, 0.25) is 0 Å². The molecule has 1 aliphatic heterocycles. The van der Waals surface area contributed by atoms with Gasteiger partial charge in [0, 0.05) is 42.9 Å². The van der Waals surface area contributed by atoms with Crippen molar-refractivity contribution >= 4 is 18.3 Å². The van der Waals surface area contributed by atoms with Crippen LogP contribution in [0, 0.1) is 0 Å². The number of H-pyrrole nitrogens is 1. The molecule has 24 heavy (non-hydrogen) atoms. The van der Waals surface area contributed by atoms with E-state index in [9.17, 15) is 4.79 Å². The predicted octanol–water partition coefficient (Wildman–Crippen LogP) is 2.19. The van der Waals surface area contributed by atoms with Crippen LogP contribution in [0.25, 0.3) is 0 Å². The monoisotopic (exact) mass is 350 g/mol. The number of carbonyl (C=O) groups is 1. The maximum atomic E-state index is 12.4. The maximum Gasteiger partial charge on any atom is 0.272 e. The summed E-state index contributed by atoms with van der Waals surface area (Å²) < 4.78 is 5.78. The molecule has 0 unspecified atom stereocenters. The van der Waals surface area contributed by atoms with Gasteiger partial charge >= 0.3 is 0 Å². The third-order valence-electron chi connectivity index (χ3n) is 3.80. The van der Waals surface area contributed by atoms with Gasteiger partial charge in [-0.2, -0.15) is 5.10 Å². The molecule has 1 aliphatic rings. The number of para-hydroxylation sites is 1. The predicted molar refractivity (Wildman–Crippen MR) is 94.6 cm³/mol. The number of benzene rings is 1. The molecule has 0 saturated heterocycles. The van der Waals surface area contributed by atoms with Gasteiger partial charge in [0.25, 0.3) is 5.91 Å². The lowest BCUT2D eigenvalue weighted by molar-refractivity contribution is 0.0944. The lowest BCUT2D eigenvalue weighted by atomic mass is 10.1. The Kier molecular flexibility index (Phi) is 6.23. The van der Waals surface area contributed by atoms with E-state index in [2.05, 4.69) is 20.8 Å². The van der Waals surface area contributed by atoms with Crippen molar-refractivity contribution in [3.8, 4) is 5.75 Å². The summed E-state index contributed by atoms with van der Waals surface area (Å²) in [7, 11) is 0. The Morgan fingerprint density at radius 1 is 1.38 bits per heavy atom. The minimum atomic E-state index is -0.162. The van der Waals surface area contributed by atoms with Crippen molar-refractivity contribution < 1.29 is 9.53 Å². The van der Waals surface area contributed by atoms with Crippen LogP contribution in [-0.4, -0.2) is 28.8 Å². The Labute approximate surface area is 147 Å². The van der Waals surface area contributed by atoms with Crippen molar-refractivity contribution in [3.63, 3.8) is 0 Å². The SMILES string of the molecule is CC(C)Oc1ccccc1CNC(=O)c1n[nH]c2c1CNCC2.Cl. The summed E-state index contributed by atoms with van der Waals surface area (Å²) in [6.07, 6.45) is 0.969. The number of hydrogen-bond acceptors (Lipinski definition) is 4. The fourth-order valence-electron chi connectivity index (χ4n) is 2.69. The third-order valence-corrected chi connectivity index (χ3v) is 3.80. The van der Waals surface area contributed by atoms with Crippen LogP contribution >= 0.6 is 12.4 Å². The first kappa shape index (κ1) is 18.3. The molecule has 130 valence electrons. The molecule has 0 radical (unpaired) electrons. The Bertz CT molecular complexity index is 700. The van der Waals surface area contributed by atoms with Crippen LogP contribution < -0.4 is 15.4 Å². The molecule has 1 amide bonds. The molecular weight excluding hydrogens is 328 g/mol. The van der Waals surface area contributed by atoms with E-state index in [1.807, 2.05) is 38.1 Å². The molecule has 1 aromatic heterocycles. The zero-order chi connectivity index (χ0) is 16.2. The van der Waals surface area contributed by atoms with E-state index >= 15 is 0 Å². The van der Waals surface area contributed by atoms with Gasteiger partial charge in [0.15, 0.2) is 5.69 Å². The standard InChI is InChI=1S/C17H22N4O2.ClH/c1-11(2)23-15-6-4-3-5-12(15)9-19-17(22)16-13-10-18-8-7-14(13)20-21-16;/h3-6,11,18H,7-10H2,1-2H3,(H,19,22)(H,20,21);1H. The maximum absolute atomic E-state index is 12.4.